The molecule has 0 radical (unpaired) electrons. The zero-order valence-electron chi connectivity index (χ0n) is 14.4. The molecular weight excluding hydrogens is 358 g/mol. The van der Waals surface area contributed by atoms with E-state index < -0.39 is 0 Å². The van der Waals surface area contributed by atoms with Gasteiger partial charge in [-0.05, 0) is 24.1 Å². The Bertz CT molecular complexity index is 1130. The number of fused-ring (bicyclic) bond motifs is 2. The van der Waals surface area contributed by atoms with E-state index in [4.69, 9.17) is 4.74 Å². The van der Waals surface area contributed by atoms with Crippen molar-refractivity contribution in [3.63, 3.8) is 0 Å². The molecule has 3 heterocycles. The first-order valence-corrected chi connectivity index (χ1v) is 9.69. The van der Waals surface area contributed by atoms with Crippen LogP contribution in [0.3, 0.4) is 0 Å². The van der Waals surface area contributed by atoms with Crippen molar-refractivity contribution in [3.05, 3.63) is 65.7 Å². The van der Waals surface area contributed by atoms with Gasteiger partial charge in [0.15, 0.2) is 5.13 Å². The lowest BCUT2D eigenvalue weighted by Gasteiger charge is -2.24. The van der Waals surface area contributed by atoms with Crippen LogP contribution in [-0.4, -0.2) is 22.5 Å². The number of ether oxygens (including phenoxy) is 1. The molecule has 1 aliphatic rings. The summed E-state index contributed by atoms with van der Waals surface area (Å²) in [4.78, 5) is 20.5. The summed E-state index contributed by atoms with van der Waals surface area (Å²) in [6.45, 7) is 0.392. The van der Waals surface area contributed by atoms with Crippen LogP contribution < -0.4 is 10.1 Å². The standard InChI is InChI=1S/C21H17N3O2S/c25-20(14-9-13-5-1-4-8-19(13)26-11-14)24-21-23-18(12-27-21)16-10-22-17-7-3-2-6-15(16)17/h1-8,10,12,14,22H,9,11H2,(H,23,24,25)/t14-/m0/s1. The molecule has 27 heavy (non-hydrogen) atoms. The van der Waals surface area contributed by atoms with E-state index in [1.54, 1.807) is 0 Å². The van der Waals surface area contributed by atoms with Crippen LogP contribution in [0.25, 0.3) is 22.2 Å². The van der Waals surface area contributed by atoms with Crippen molar-refractivity contribution in [2.45, 2.75) is 6.42 Å². The molecular formula is C21H17N3O2S. The fraction of sp³-hybridized carbons (Fsp3) is 0.143. The lowest BCUT2D eigenvalue weighted by molar-refractivity contribution is -0.121. The quantitative estimate of drug-likeness (QED) is 0.555. The molecule has 5 rings (SSSR count). The molecule has 2 aromatic heterocycles. The maximum Gasteiger partial charge on any atom is 0.233 e. The maximum atomic E-state index is 12.7. The minimum atomic E-state index is -0.208. The van der Waals surface area contributed by atoms with Gasteiger partial charge in [-0.2, -0.15) is 0 Å². The molecule has 1 amide bonds. The Morgan fingerprint density at radius 1 is 1.19 bits per heavy atom. The van der Waals surface area contributed by atoms with Gasteiger partial charge in [-0.3, -0.25) is 4.79 Å². The Morgan fingerprint density at radius 3 is 3.00 bits per heavy atom. The number of aromatic amines is 1. The summed E-state index contributed by atoms with van der Waals surface area (Å²) in [6.07, 6.45) is 2.64. The van der Waals surface area contributed by atoms with Crippen LogP contribution >= 0.6 is 11.3 Å². The van der Waals surface area contributed by atoms with Crippen LogP contribution in [0, 0.1) is 5.92 Å². The molecule has 0 unspecified atom stereocenters. The van der Waals surface area contributed by atoms with Crippen LogP contribution in [0.1, 0.15) is 5.56 Å². The first-order valence-electron chi connectivity index (χ1n) is 8.81. The number of benzene rings is 2. The Morgan fingerprint density at radius 2 is 2.04 bits per heavy atom. The van der Waals surface area contributed by atoms with Gasteiger partial charge in [-0.25, -0.2) is 4.98 Å². The zero-order chi connectivity index (χ0) is 18.2. The van der Waals surface area contributed by atoms with Crippen molar-refractivity contribution in [2.75, 3.05) is 11.9 Å². The third kappa shape index (κ3) is 2.98. The van der Waals surface area contributed by atoms with E-state index in [0.29, 0.717) is 18.2 Å². The number of nitrogens with zero attached hydrogens (tertiary/aromatic N) is 1. The van der Waals surface area contributed by atoms with E-state index in [1.807, 2.05) is 54.0 Å². The van der Waals surface area contributed by atoms with E-state index in [0.717, 1.165) is 33.5 Å². The lowest BCUT2D eigenvalue weighted by atomic mass is 9.96. The van der Waals surface area contributed by atoms with Gasteiger partial charge < -0.3 is 15.0 Å². The molecule has 2 aromatic carbocycles. The van der Waals surface area contributed by atoms with Gasteiger partial charge in [0.25, 0.3) is 0 Å². The predicted octanol–water partition coefficient (Wildman–Crippen LogP) is 4.48. The fourth-order valence-corrected chi connectivity index (χ4v) is 4.16. The normalized spacial score (nSPS) is 15.9. The second-order valence-corrected chi connectivity index (χ2v) is 7.45. The molecule has 5 nitrogen and oxygen atoms in total. The molecule has 1 atom stereocenters. The van der Waals surface area contributed by atoms with Gasteiger partial charge >= 0.3 is 0 Å². The number of amides is 1. The topological polar surface area (TPSA) is 67.0 Å². The van der Waals surface area contributed by atoms with Crippen LogP contribution in [0.15, 0.2) is 60.1 Å². The largest absolute Gasteiger partial charge is 0.492 e. The van der Waals surface area contributed by atoms with Crippen molar-refractivity contribution < 1.29 is 9.53 Å². The molecule has 0 fully saturated rings. The van der Waals surface area contributed by atoms with Gasteiger partial charge in [-0.15, -0.1) is 11.3 Å². The van der Waals surface area contributed by atoms with Crippen LogP contribution in [0.2, 0.25) is 0 Å². The van der Waals surface area contributed by atoms with E-state index in [1.165, 1.54) is 11.3 Å². The Hall–Kier alpha value is -3.12. The summed E-state index contributed by atoms with van der Waals surface area (Å²) in [7, 11) is 0. The van der Waals surface area contributed by atoms with Gasteiger partial charge in [0, 0.05) is 28.0 Å². The van der Waals surface area contributed by atoms with Crippen molar-refractivity contribution in [3.8, 4) is 17.0 Å². The molecule has 4 aromatic rings. The third-order valence-electron chi connectivity index (χ3n) is 4.85. The van der Waals surface area contributed by atoms with Crippen molar-refractivity contribution in [1.29, 1.82) is 0 Å². The summed E-state index contributed by atoms with van der Waals surface area (Å²) in [5, 5.41) is 6.65. The van der Waals surface area contributed by atoms with E-state index in [-0.39, 0.29) is 11.8 Å². The first-order chi connectivity index (χ1) is 13.3. The second-order valence-electron chi connectivity index (χ2n) is 6.59. The predicted molar refractivity (Wildman–Crippen MR) is 107 cm³/mol. The number of carbonyl (C=O) groups excluding carboxylic acids is 1. The zero-order valence-corrected chi connectivity index (χ0v) is 15.3. The van der Waals surface area contributed by atoms with Crippen LogP contribution in [0.4, 0.5) is 5.13 Å². The number of rotatable bonds is 3. The van der Waals surface area contributed by atoms with Crippen molar-refractivity contribution in [1.82, 2.24) is 9.97 Å². The fourth-order valence-electron chi connectivity index (χ4n) is 3.44. The number of carbonyl (C=O) groups is 1. The Kier molecular flexibility index (Phi) is 3.90. The number of para-hydroxylation sites is 2. The molecule has 0 aliphatic carbocycles. The number of H-pyrrole nitrogens is 1. The molecule has 0 spiro atoms. The van der Waals surface area contributed by atoms with Crippen molar-refractivity contribution >= 4 is 33.3 Å². The lowest BCUT2D eigenvalue weighted by Crippen LogP contribution is -2.32. The highest BCUT2D eigenvalue weighted by Crippen LogP contribution is 2.32. The Balaban J connectivity index is 1.33. The molecule has 6 heteroatoms. The van der Waals surface area contributed by atoms with Crippen LogP contribution in [-0.2, 0) is 11.2 Å². The molecule has 1 aliphatic heterocycles. The van der Waals surface area contributed by atoms with E-state index >= 15 is 0 Å². The van der Waals surface area contributed by atoms with Gasteiger partial charge in [-0.1, -0.05) is 36.4 Å². The average molecular weight is 375 g/mol. The molecule has 0 bridgehead atoms. The minimum Gasteiger partial charge on any atom is -0.492 e. The number of hydrogen-bond acceptors (Lipinski definition) is 4. The molecule has 134 valence electrons. The maximum absolute atomic E-state index is 12.7. The Labute approximate surface area is 160 Å². The number of hydrogen-bond donors (Lipinski definition) is 2. The number of thiazole rings is 1. The summed E-state index contributed by atoms with van der Waals surface area (Å²) >= 11 is 1.44. The first kappa shape index (κ1) is 16.1. The van der Waals surface area contributed by atoms with E-state index in [9.17, 15) is 4.79 Å². The van der Waals surface area contributed by atoms with E-state index in [2.05, 4.69) is 21.4 Å². The monoisotopic (exact) mass is 375 g/mol. The highest BCUT2D eigenvalue weighted by Gasteiger charge is 2.26. The number of nitrogens with one attached hydrogen (secondary N) is 2. The van der Waals surface area contributed by atoms with Gasteiger partial charge in [0.2, 0.25) is 5.91 Å². The molecule has 0 saturated carbocycles. The highest BCUT2D eigenvalue weighted by molar-refractivity contribution is 7.14. The summed E-state index contributed by atoms with van der Waals surface area (Å²) in [5.74, 6) is 0.613. The SMILES string of the molecule is O=C(Nc1nc(-c2c[nH]c3ccccc23)cs1)[C@@H]1COc2ccccc2C1. The highest BCUT2D eigenvalue weighted by atomic mass is 32.1. The summed E-state index contributed by atoms with van der Waals surface area (Å²) in [5.41, 5.74) is 4.04. The van der Waals surface area contributed by atoms with Crippen molar-refractivity contribution in [2.24, 2.45) is 5.92 Å². The summed E-state index contributed by atoms with van der Waals surface area (Å²) < 4.78 is 5.73. The van der Waals surface area contributed by atoms with Gasteiger partial charge in [0.1, 0.15) is 12.4 Å². The minimum absolute atomic E-state index is 0.0515. The molecule has 2 N–H and O–H groups in total. The van der Waals surface area contributed by atoms with Gasteiger partial charge in [0.05, 0.1) is 11.6 Å². The average Bonchev–Trinajstić information content (AvgIpc) is 3.34. The smallest absolute Gasteiger partial charge is 0.233 e. The second kappa shape index (κ2) is 6.55. The summed E-state index contributed by atoms with van der Waals surface area (Å²) in [6, 6.07) is 16.0. The third-order valence-corrected chi connectivity index (χ3v) is 5.61. The number of aromatic nitrogens is 2. The molecule has 0 saturated heterocycles. The van der Waals surface area contributed by atoms with Crippen LogP contribution in [0.5, 0.6) is 5.75 Å². The number of anilines is 1.